The Hall–Kier alpha value is -4.94. The molecule has 0 amide bonds. The summed E-state index contributed by atoms with van der Waals surface area (Å²) in [6.07, 6.45) is 1.27. The monoisotopic (exact) mass is 757 g/mol. The minimum Gasteiger partial charge on any atom is -0.306 e. The molecular formula is C41H65N4O9+3. The average molecular weight is 758 g/mol. The Morgan fingerprint density at radius 3 is 1.48 bits per heavy atom. The molecule has 54 heavy (non-hydrogen) atoms. The molecule has 13 heteroatoms. The van der Waals surface area contributed by atoms with Gasteiger partial charge in [-0.3, -0.25) is 0 Å². The van der Waals surface area contributed by atoms with Crippen LogP contribution in [-0.2, 0) is 55.0 Å². The smallest absolute Gasteiger partial charge is 0.294 e. The summed E-state index contributed by atoms with van der Waals surface area (Å²) in [5, 5.41) is 9.59. The van der Waals surface area contributed by atoms with Crippen LogP contribution in [-0.4, -0.2) is 60.3 Å². The lowest BCUT2D eigenvalue weighted by molar-refractivity contribution is -0.803. The van der Waals surface area contributed by atoms with Gasteiger partial charge < -0.3 is 4.84 Å². The van der Waals surface area contributed by atoms with E-state index < -0.39 is 11.2 Å². The normalized spacial score (nSPS) is 11.6. The second-order valence-corrected chi connectivity index (χ2v) is 15.8. The largest absolute Gasteiger partial charge is 0.306 e. The molecule has 0 heterocycles. The molecule has 3 aromatic rings. The van der Waals surface area contributed by atoms with E-state index in [1.807, 2.05) is 36.4 Å². The van der Waals surface area contributed by atoms with E-state index in [1.54, 1.807) is 0 Å². The van der Waals surface area contributed by atoms with Crippen molar-refractivity contribution in [3.8, 4) is 0 Å². The van der Waals surface area contributed by atoms with E-state index in [4.69, 9.17) is 14.5 Å². The van der Waals surface area contributed by atoms with Crippen LogP contribution < -0.4 is 0 Å². The zero-order valence-corrected chi connectivity index (χ0v) is 33.7. The van der Waals surface area contributed by atoms with Crippen molar-refractivity contribution in [1.29, 1.82) is 0 Å². The fourth-order valence-electron chi connectivity index (χ4n) is 4.77. The van der Waals surface area contributed by atoms with Crippen LogP contribution in [0, 0.1) is 24.8 Å². The second kappa shape index (κ2) is 23.0. The summed E-state index contributed by atoms with van der Waals surface area (Å²) in [7, 11) is 3.87. The molecule has 300 valence electrons. The molecule has 0 aromatic heterocycles. The fraction of sp³-hybridized carbons (Fsp3) is 0.561. The molecule has 0 spiro atoms. The van der Waals surface area contributed by atoms with Gasteiger partial charge in [-0.15, -0.1) is 10.1 Å². The maximum absolute atomic E-state index is 10.7. The third-order valence-electron chi connectivity index (χ3n) is 7.87. The predicted octanol–water partition coefficient (Wildman–Crippen LogP) is 9.16. The first-order valence-electron chi connectivity index (χ1n) is 17.7. The zero-order valence-electron chi connectivity index (χ0n) is 33.7. The van der Waals surface area contributed by atoms with Gasteiger partial charge >= 0.3 is 0 Å². The van der Waals surface area contributed by atoms with Gasteiger partial charge in [-0.05, 0) is 62.5 Å². The molecule has 1 atom stereocenters. The second-order valence-electron chi connectivity index (χ2n) is 15.8. The molecule has 3 aromatic carbocycles. The third-order valence-corrected chi connectivity index (χ3v) is 7.87. The highest BCUT2D eigenvalue weighted by atomic mass is 17.0. The minimum absolute atomic E-state index is 0. The number of rotatable bonds is 15. The SMILES string of the molecule is C.C[N+](=O)OCC(Cc1ccc(C(C)(C)C)cc1)O[N+](=O)[O-].C[N+](=O)OCCCc1ccc(C(C)(C)C)cc1.C[N+](=O)OCc1cccc(C(C)(C)C)c1. The molecule has 0 saturated heterocycles. The number of nitrogens with zero attached hydrogens (tertiary/aromatic N) is 4. The van der Waals surface area contributed by atoms with Gasteiger partial charge in [0.2, 0.25) is 35.9 Å². The average Bonchev–Trinajstić information content (AvgIpc) is 3.04. The molecule has 0 saturated carbocycles. The Kier molecular flexibility index (Phi) is 20.9. The maximum atomic E-state index is 10.7. The summed E-state index contributed by atoms with van der Waals surface area (Å²) in [5.74, 6) is 0. The van der Waals surface area contributed by atoms with Gasteiger partial charge in [0.1, 0.15) is 0 Å². The van der Waals surface area contributed by atoms with Crippen LogP contribution in [0.3, 0.4) is 0 Å². The number of aryl methyl sites for hydroxylation is 1. The Balaban J connectivity index is 0.000000785. The molecule has 0 fully saturated rings. The van der Waals surface area contributed by atoms with Crippen LogP contribution in [0.1, 0.15) is 110 Å². The zero-order chi connectivity index (χ0) is 40.4. The molecule has 13 nitrogen and oxygen atoms in total. The van der Waals surface area contributed by atoms with E-state index >= 15 is 0 Å². The summed E-state index contributed by atoms with van der Waals surface area (Å²) >= 11 is 0. The molecular weight excluding hydrogens is 692 g/mol. The van der Waals surface area contributed by atoms with E-state index in [2.05, 4.69) is 104 Å². The van der Waals surface area contributed by atoms with Crippen molar-refractivity contribution in [2.75, 3.05) is 34.4 Å². The molecule has 0 aliphatic heterocycles. The Bertz CT molecular complexity index is 1590. The van der Waals surface area contributed by atoms with Crippen LogP contribution in [0.4, 0.5) is 0 Å². The quantitative estimate of drug-likeness (QED) is 0.0843. The topological polar surface area (TPSA) is 140 Å². The number of hydrogen-bond acceptors (Lipinski definition) is 9. The first kappa shape index (κ1) is 49.1. The Labute approximate surface area is 322 Å². The van der Waals surface area contributed by atoms with Gasteiger partial charge in [0.05, 0.1) is 14.7 Å². The van der Waals surface area contributed by atoms with Crippen molar-refractivity contribution in [3.63, 3.8) is 0 Å². The van der Waals surface area contributed by atoms with Gasteiger partial charge in [-0.25, -0.2) is 14.5 Å². The first-order chi connectivity index (χ1) is 24.5. The van der Waals surface area contributed by atoms with Crippen molar-refractivity contribution in [2.45, 2.75) is 118 Å². The summed E-state index contributed by atoms with van der Waals surface area (Å²) in [6, 6.07) is 24.5. The molecule has 0 bridgehead atoms. The number of benzene rings is 3. The van der Waals surface area contributed by atoms with E-state index in [-0.39, 0.29) is 35.2 Å². The van der Waals surface area contributed by atoms with Gasteiger partial charge in [0.25, 0.3) is 5.09 Å². The third kappa shape index (κ3) is 21.6. The van der Waals surface area contributed by atoms with Gasteiger partial charge in [-0.2, -0.15) is 0 Å². The first-order valence-corrected chi connectivity index (χ1v) is 17.7. The Morgan fingerprint density at radius 1 is 0.593 bits per heavy atom. The molecule has 0 radical (unpaired) electrons. The maximum Gasteiger partial charge on any atom is 0.294 e. The van der Waals surface area contributed by atoms with Crippen LogP contribution in [0.15, 0.2) is 72.8 Å². The van der Waals surface area contributed by atoms with Crippen molar-refractivity contribution in [2.24, 2.45) is 0 Å². The van der Waals surface area contributed by atoms with Gasteiger partial charge in [-0.1, -0.05) is 143 Å². The van der Waals surface area contributed by atoms with Crippen molar-refractivity contribution >= 4 is 0 Å². The van der Waals surface area contributed by atoms with E-state index in [0.29, 0.717) is 29.5 Å². The molecule has 3 rings (SSSR count). The summed E-state index contributed by atoms with van der Waals surface area (Å²) in [5.41, 5.74) is 7.32. The minimum atomic E-state index is -0.873. The highest BCUT2D eigenvalue weighted by molar-refractivity contribution is 5.29. The van der Waals surface area contributed by atoms with Crippen molar-refractivity contribution < 1.29 is 39.2 Å². The van der Waals surface area contributed by atoms with Crippen LogP contribution >= 0.6 is 0 Å². The van der Waals surface area contributed by atoms with E-state index in [0.717, 1.165) is 24.0 Å². The summed E-state index contributed by atoms with van der Waals surface area (Å²) < 4.78 is 0. The van der Waals surface area contributed by atoms with Gasteiger partial charge in [0, 0.05) is 6.42 Å². The van der Waals surface area contributed by atoms with Crippen molar-refractivity contribution in [3.05, 3.63) is 131 Å². The van der Waals surface area contributed by atoms with Crippen LogP contribution in [0.2, 0.25) is 0 Å². The van der Waals surface area contributed by atoms with Gasteiger partial charge in [0.15, 0.2) is 25.9 Å². The summed E-state index contributed by atoms with van der Waals surface area (Å²) in [4.78, 5) is 62.4. The molecule has 0 N–H and O–H groups in total. The molecule has 0 aliphatic carbocycles. The standard InChI is InChI=1S/C14H21N2O5.C14H22NO2.C12H18NO2.CH4/c1-14(2,3)12-7-5-11(6-8-12)9-13(21-16(18)19)10-20-15(4)17;1-14(2,3)13-9-7-12(8-10-13)6-5-11-17-15(4)16;1-12(2,3)11-7-5-6-10(8-11)9-15-13(4)14;/h5-8,13H,9-10H2,1-4H3;7-10H,5-6,11H2,1-4H3;5-8H,9H2,1-4H3;1H4/q3*+1;. The van der Waals surface area contributed by atoms with E-state index in [9.17, 15) is 24.8 Å². The van der Waals surface area contributed by atoms with Crippen LogP contribution in [0.25, 0.3) is 0 Å². The fourth-order valence-corrected chi connectivity index (χ4v) is 4.77. The van der Waals surface area contributed by atoms with Crippen LogP contribution in [0.5, 0.6) is 0 Å². The molecule has 0 aliphatic rings. The highest BCUT2D eigenvalue weighted by Gasteiger charge is 2.20. The predicted molar refractivity (Wildman–Crippen MR) is 211 cm³/mol. The number of hydrogen-bond donors (Lipinski definition) is 0. The summed E-state index contributed by atoms with van der Waals surface area (Å²) in [6.45, 7) is 20.1. The lowest BCUT2D eigenvalue weighted by atomic mass is 9.86. The highest BCUT2D eigenvalue weighted by Crippen LogP contribution is 2.24. The molecule has 1 unspecified atom stereocenters. The van der Waals surface area contributed by atoms with Crippen molar-refractivity contribution in [1.82, 2.24) is 0 Å². The van der Waals surface area contributed by atoms with E-state index in [1.165, 1.54) is 43.4 Å². The lowest BCUT2D eigenvalue weighted by Crippen LogP contribution is -2.27. The Morgan fingerprint density at radius 2 is 1.06 bits per heavy atom. The lowest BCUT2D eigenvalue weighted by Gasteiger charge is -2.19.